The van der Waals surface area contributed by atoms with E-state index in [4.69, 9.17) is 4.74 Å². The summed E-state index contributed by atoms with van der Waals surface area (Å²) in [5.41, 5.74) is 0.704. The maximum absolute atomic E-state index is 11.8. The number of anilines is 1. The Labute approximate surface area is 109 Å². The van der Waals surface area contributed by atoms with Crippen LogP contribution in [0.1, 0.15) is 26.7 Å². The summed E-state index contributed by atoms with van der Waals surface area (Å²) < 4.78 is 5.18. The summed E-state index contributed by atoms with van der Waals surface area (Å²) in [6.07, 6.45) is 2.18. The minimum Gasteiger partial charge on any atom is -0.495 e. The van der Waals surface area contributed by atoms with Crippen molar-refractivity contribution in [3.63, 3.8) is 0 Å². The molecule has 0 aliphatic carbocycles. The highest BCUT2D eigenvalue weighted by Gasteiger charge is 2.07. The van der Waals surface area contributed by atoms with E-state index in [9.17, 15) is 4.79 Å². The highest BCUT2D eigenvalue weighted by Crippen LogP contribution is 2.22. The first-order chi connectivity index (χ1) is 8.67. The summed E-state index contributed by atoms with van der Waals surface area (Å²) in [5.74, 6) is 0.620. The number of carbonyl (C=O) groups is 1. The number of methoxy groups -OCH3 is 1. The number of ether oxygens (including phenoxy) is 1. The van der Waals surface area contributed by atoms with E-state index in [0.717, 1.165) is 12.8 Å². The van der Waals surface area contributed by atoms with Crippen molar-refractivity contribution in [3.8, 4) is 5.75 Å². The Morgan fingerprint density at radius 2 is 2.11 bits per heavy atom. The Kier molecular flexibility index (Phi) is 6.22. The standard InChI is InChI=1S/C14H22N2O2/c1-4-7-11(2)15-10-14(17)16-12-8-5-6-9-13(12)18-3/h5-6,8-9,11,15H,4,7,10H2,1-3H3,(H,16,17). The van der Waals surface area contributed by atoms with E-state index in [1.807, 2.05) is 24.3 Å². The highest BCUT2D eigenvalue weighted by molar-refractivity contribution is 5.93. The molecule has 0 bridgehead atoms. The first-order valence-electron chi connectivity index (χ1n) is 6.33. The van der Waals surface area contributed by atoms with Gasteiger partial charge in [0.2, 0.25) is 5.91 Å². The third kappa shape index (κ3) is 4.75. The van der Waals surface area contributed by atoms with Crippen molar-refractivity contribution in [1.29, 1.82) is 0 Å². The molecule has 1 unspecified atom stereocenters. The van der Waals surface area contributed by atoms with E-state index in [1.54, 1.807) is 7.11 Å². The van der Waals surface area contributed by atoms with Gasteiger partial charge in [0.25, 0.3) is 0 Å². The van der Waals surface area contributed by atoms with E-state index in [2.05, 4.69) is 24.5 Å². The number of hydrogen-bond acceptors (Lipinski definition) is 3. The second kappa shape index (κ2) is 7.71. The number of nitrogens with one attached hydrogen (secondary N) is 2. The third-order valence-electron chi connectivity index (χ3n) is 2.71. The first-order valence-corrected chi connectivity index (χ1v) is 6.33. The predicted octanol–water partition coefficient (Wildman–Crippen LogP) is 2.41. The van der Waals surface area contributed by atoms with Gasteiger partial charge < -0.3 is 15.4 Å². The molecule has 1 rings (SSSR count). The molecule has 18 heavy (non-hydrogen) atoms. The topological polar surface area (TPSA) is 50.4 Å². The Balaban J connectivity index is 2.44. The molecule has 0 aromatic heterocycles. The molecule has 0 saturated carbocycles. The number of para-hydroxylation sites is 2. The van der Waals surface area contributed by atoms with Crippen molar-refractivity contribution in [1.82, 2.24) is 5.32 Å². The molecule has 0 aliphatic rings. The van der Waals surface area contributed by atoms with Gasteiger partial charge in [0.05, 0.1) is 19.3 Å². The molecule has 0 fully saturated rings. The lowest BCUT2D eigenvalue weighted by Crippen LogP contribution is -2.34. The van der Waals surface area contributed by atoms with Crippen LogP contribution in [0.3, 0.4) is 0 Å². The van der Waals surface area contributed by atoms with E-state index in [-0.39, 0.29) is 5.91 Å². The summed E-state index contributed by atoms with van der Waals surface area (Å²) in [7, 11) is 1.59. The van der Waals surface area contributed by atoms with Crippen molar-refractivity contribution in [2.24, 2.45) is 0 Å². The SMILES string of the molecule is CCCC(C)NCC(=O)Nc1ccccc1OC. The van der Waals surface area contributed by atoms with Gasteiger partial charge in [-0.1, -0.05) is 25.5 Å². The summed E-state index contributed by atoms with van der Waals surface area (Å²) in [4.78, 5) is 11.8. The van der Waals surface area contributed by atoms with E-state index in [1.165, 1.54) is 0 Å². The molecule has 1 atom stereocenters. The van der Waals surface area contributed by atoms with Crippen LogP contribution in [-0.4, -0.2) is 25.6 Å². The van der Waals surface area contributed by atoms with Crippen LogP contribution in [0.4, 0.5) is 5.69 Å². The largest absolute Gasteiger partial charge is 0.495 e. The van der Waals surface area contributed by atoms with E-state index in [0.29, 0.717) is 24.0 Å². The average Bonchev–Trinajstić information content (AvgIpc) is 2.37. The van der Waals surface area contributed by atoms with Gasteiger partial charge in [0, 0.05) is 6.04 Å². The zero-order chi connectivity index (χ0) is 13.4. The van der Waals surface area contributed by atoms with Gasteiger partial charge in [-0.15, -0.1) is 0 Å². The number of amides is 1. The van der Waals surface area contributed by atoms with Gasteiger partial charge in [-0.3, -0.25) is 4.79 Å². The van der Waals surface area contributed by atoms with Crippen LogP contribution in [0.15, 0.2) is 24.3 Å². The molecule has 1 aromatic carbocycles. The minimum atomic E-state index is -0.0533. The number of hydrogen-bond donors (Lipinski definition) is 2. The smallest absolute Gasteiger partial charge is 0.238 e. The Bertz CT molecular complexity index is 380. The summed E-state index contributed by atoms with van der Waals surface area (Å²) >= 11 is 0. The molecule has 4 nitrogen and oxygen atoms in total. The van der Waals surface area contributed by atoms with E-state index < -0.39 is 0 Å². The molecule has 4 heteroatoms. The van der Waals surface area contributed by atoms with Gasteiger partial charge in [-0.2, -0.15) is 0 Å². The molecular weight excluding hydrogens is 228 g/mol. The summed E-state index contributed by atoms with van der Waals surface area (Å²) in [6.45, 7) is 4.53. The zero-order valence-electron chi connectivity index (χ0n) is 11.3. The average molecular weight is 250 g/mol. The van der Waals surface area contributed by atoms with Crippen LogP contribution in [0, 0.1) is 0 Å². The van der Waals surface area contributed by atoms with Crippen LogP contribution in [-0.2, 0) is 4.79 Å². The van der Waals surface area contributed by atoms with Gasteiger partial charge in [0.15, 0.2) is 0 Å². The van der Waals surface area contributed by atoms with Gasteiger partial charge in [0.1, 0.15) is 5.75 Å². The van der Waals surface area contributed by atoms with Gasteiger partial charge in [-0.25, -0.2) is 0 Å². The van der Waals surface area contributed by atoms with Crippen LogP contribution in [0.2, 0.25) is 0 Å². The molecule has 1 amide bonds. The fraction of sp³-hybridized carbons (Fsp3) is 0.500. The van der Waals surface area contributed by atoms with Crippen LogP contribution in [0.25, 0.3) is 0 Å². The lowest BCUT2D eigenvalue weighted by atomic mass is 10.2. The monoisotopic (exact) mass is 250 g/mol. The van der Waals surface area contributed by atoms with Gasteiger partial charge in [-0.05, 0) is 25.5 Å². The van der Waals surface area contributed by atoms with Crippen molar-refractivity contribution in [3.05, 3.63) is 24.3 Å². The van der Waals surface area contributed by atoms with Crippen LogP contribution in [0.5, 0.6) is 5.75 Å². The Morgan fingerprint density at radius 3 is 2.78 bits per heavy atom. The molecule has 0 heterocycles. The van der Waals surface area contributed by atoms with Crippen molar-refractivity contribution >= 4 is 11.6 Å². The molecular formula is C14H22N2O2. The molecule has 2 N–H and O–H groups in total. The summed E-state index contributed by atoms with van der Waals surface area (Å²) in [6, 6.07) is 7.74. The molecule has 1 aromatic rings. The summed E-state index contributed by atoms with van der Waals surface area (Å²) in [5, 5.41) is 6.02. The molecule has 0 radical (unpaired) electrons. The Hall–Kier alpha value is -1.55. The number of benzene rings is 1. The highest BCUT2D eigenvalue weighted by atomic mass is 16.5. The van der Waals surface area contributed by atoms with Crippen LogP contribution < -0.4 is 15.4 Å². The zero-order valence-corrected chi connectivity index (χ0v) is 11.3. The van der Waals surface area contributed by atoms with Crippen molar-refractivity contribution in [2.75, 3.05) is 19.0 Å². The lowest BCUT2D eigenvalue weighted by molar-refractivity contribution is -0.115. The third-order valence-corrected chi connectivity index (χ3v) is 2.71. The molecule has 0 saturated heterocycles. The van der Waals surface area contributed by atoms with Crippen molar-refractivity contribution in [2.45, 2.75) is 32.7 Å². The Morgan fingerprint density at radius 1 is 1.39 bits per heavy atom. The maximum Gasteiger partial charge on any atom is 0.238 e. The fourth-order valence-electron chi connectivity index (χ4n) is 1.74. The van der Waals surface area contributed by atoms with Gasteiger partial charge >= 0.3 is 0 Å². The number of rotatable bonds is 7. The van der Waals surface area contributed by atoms with Crippen molar-refractivity contribution < 1.29 is 9.53 Å². The second-order valence-corrected chi connectivity index (χ2v) is 4.32. The normalized spacial score (nSPS) is 11.9. The molecule has 0 spiro atoms. The second-order valence-electron chi connectivity index (χ2n) is 4.32. The maximum atomic E-state index is 11.8. The van der Waals surface area contributed by atoms with Crippen LogP contribution >= 0.6 is 0 Å². The number of carbonyl (C=O) groups excluding carboxylic acids is 1. The lowest BCUT2D eigenvalue weighted by Gasteiger charge is -2.13. The van der Waals surface area contributed by atoms with E-state index >= 15 is 0 Å². The predicted molar refractivity (Wildman–Crippen MR) is 74.0 cm³/mol. The molecule has 100 valence electrons. The fourth-order valence-corrected chi connectivity index (χ4v) is 1.74. The minimum absolute atomic E-state index is 0.0533. The molecule has 0 aliphatic heterocycles. The quantitative estimate of drug-likeness (QED) is 0.781. The first kappa shape index (κ1) is 14.5.